The molecule has 0 aromatic carbocycles. The second-order valence-corrected chi connectivity index (χ2v) is 4.54. The van der Waals surface area contributed by atoms with E-state index in [4.69, 9.17) is 5.73 Å². The molecular weight excluding hydrogens is 204 g/mol. The van der Waals surface area contributed by atoms with Crippen LogP contribution in [-0.2, 0) is 7.05 Å². The summed E-state index contributed by atoms with van der Waals surface area (Å²) < 4.78 is 1.65. The van der Waals surface area contributed by atoms with Gasteiger partial charge >= 0.3 is 0 Å². The Morgan fingerprint density at radius 1 is 1.44 bits per heavy atom. The van der Waals surface area contributed by atoms with Gasteiger partial charge in [0.05, 0.1) is 0 Å². The lowest BCUT2D eigenvalue weighted by Gasteiger charge is -2.18. The van der Waals surface area contributed by atoms with Gasteiger partial charge in [0.2, 0.25) is 0 Å². The van der Waals surface area contributed by atoms with Crippen LogP contribution in [0.5, 0.6) is 0 Å². The Kier molecular flexibility index (Phi) is 3.56. The van der Waals surface area contributed by atoms with Crippen LogP contribution in [0.2, 0.25) is 0 Å². The number of aliphatic hydroxyl groups is 1. The fourth-order valence-electron chi connectivity index (χ4n) is 2.35. The molecular formula is C11H20N4O. The maximum Gasteiger partial charge on any atom is 0.157 e. The Balaban J connectivity index is 2.16. The molecule has 1 heterocycles. The zero-order valence-corrected chi connectivity index (χ0v) is 9.76. The maximum atomic E-state index is 9.67. The first kappa shape index (κ1) is 11.5. The van der Waals surface area contributed by atoms with E-state index in [9.17, 15) is 5.11 Å². The molecule has 1 aromatic rings. The van der Waals surface area contributed by atoms with E-state index >= 15 is 0 Å². The lowest BCUT2D eigenvalue weighted by molar-refractivity contribution is 0.171. The molecule has 2 rings (SSSR count). The predicted octanol–water partition coefficient (Wildman–Crippen LogP) is 0.855. The van der Waals surface area contributed by atoms with Crippen molar-refractivity contribution < 1.29 is 5.11 Å². The largest absolute Gasteiger partial charge is 0.384 e. The summed E-state index contributed by atoms with van der Waals surface area (Å²) in [6, 6.07) is 0. The van der Waals surface area contributed by atoms with Gasteiger partial charge in [-0.1, -0.05) is 19.3 Å². The second-order valence-electron chi connectivity index (χ2n) is 4.54. The van der Waals surface area contributed by atoms with Gasteiger partial charge in [-0.3, -0.25) is 4.68 Å². The third-order valence-electron chi connectivity index (χ3n) is 3.30. The summed E-state index contributed by atoms with van der Waals surface area (Å²) in [6.45, 7) is 0.191. The van der Waals surface area contributed by atoms with Crippen LogP contribution in [0.15, 0.2) is 0 Å². The monoisotopic (exact) mass is 224 g/mol. The average molecular weight is 224 g/mol. The summed E-state index contributed by atoms with van der Waals surface area (Å²) in [7, 11) is 1.81. The third kappa shape index (κ3) is 2.25. The molecule has 1 aliphatic carbocycles. The number of aliphatic hydroxyl groups excluding tert-OH is 1. The number of aromatic nitrogens is 3. The number of nitrogens with zero attached hydrogens (tertiary/aromatic N) is 3. The number of hydrogen-bond acceptors (Lipinski definition) is 4. The minimum Gasteiger partial charge on any atom is -0.384 e. The SMILES string of the molecule is Cn1nc(C2CCCCC2)nc1C(O)CN. The zero-order chi connectivity index (χ0) is 11.5. The van der Waals surface area contributed by atoms with E-state index in [0.717, 1.165) is 5.82 Å². The normalized spacial score (nSPS) is 19.9. The molecule has 0 saturated heterocycles. The minimum atomic E-state index is -0.699. The predicted molar refractivity (Wildman–Crippen MR) is 60.8 cm³/mol. The van der Waals surface area contributed by atoms with E-state index in [1.807, 2.05) is 7.05 Å². The molecule has 16 heavy (non-hydrogen) atoms. The van der Waals surface area contributed by atoms with Crippen molar-refractivity contribution >= 4 is 0 Å². The summed E-state index contributed by atoms with van der Waals surface area (Å²) >= 11 is 0. The van der Waals surface area contributed by atoms with Crippen LogP contribution in [-0.4, -0.2) is 26.4 Å². The van der Waals surface area contributed by atoms with Crippen molar-refractivity contribution in [1.82, 2.24) is 14.8 Å². The second kappa shape index (κ2) is 4.93. The Labute approximate surface area is 95.7 Å². The molecule has 0 bridgehead atoms. The summed E-state index contributed by atoms with van der Waals surface area (Å²) in [4.78, 5) is 4.43. The van der Waals surface area contributed by atoms with Crippen LogP contribution >= 0.6 is 0 Å². The third-order valence-corrected chi connectivity index (χ3v) is 3.30. The fourth-order valence-corrected chi connectivity index (χ4v) is 2.35. The highest BCUT2D eigenvalue weighted by molar-refractivity contribution is 5.02. The number of aryl methyl sites for hydroxylation is 1. The Bertz CT molecular complexity index is 344. The van der Waals surface area contributed by atoms with E-state index in [1.165, 1.54) is 32.1 Å². The zero-order valence-electron chi connectivity index (χ0n) is 9.76. The number of hydrogen-bond donors (Lipinski definition) is 2. The molecule has 0 spiro atoms. The molecule has 1 fully saturated rings. The first-order valence-corrected chi connectivity index (χ1v) is 6.01. The van der Waals surface area contributed by atoms with Crippen LogP contribution in [0.4, 0.5) is 0 Å². The van der Waals surface area contributed by atoms with Crippen molar-refractivity contribution in [3.63, 3.8) is 0 Å². The first-order valence-electron chi connectivity index (χ1n) is 6.01. The highest BCUT2D eigenvalue weighted by Gasteiger charge is 2.22. The molecule has 3 N–H and O–H groups in total. The van der Waals surface area contributed by atoms with Crippen molar-refractivity contribution in [2.75, 3.05) is 6.54 Å². The van der Waals surface area contributed by atoms with E-state index in [2.05, 4.69) is 10.1 Å². The molecule has 1 unspecified atom stereocenters. The number of rotatable bonds is 3. The van der Waals surface area contributed by atoms with Gasteiger partial charge in [-0.25, -0.2) is 4.98 Å². The van der Waals surface area contributed by atoms with Crippen LogP contribution in [0.1, 0.15) is 55.8 Å². The summed E-state index contributed by atoms with van der Waals surface area (Å²) in [5.74, 6) is 1.94. The lowest BCUT2D eigenvalue weighted by atomic mass is 9.89. The van der Waals surface area contributed by atoms with Gasteiger partial charge in [0.1, 0.15) is 6.10 Å². The topological polar surface area (TPSA) is 77.0 Å². The van der Waals surface area contributed by atoms with Gasteiger partial charge in [-0.05, 0) is 12.8 Å². The number of nitrogens with two attached hydrogens (primary N) is 1. The molecule has 0 aliphatic heterocycles. The van der Waals surface area contributed by atoms with Crippen molar-refractivity contribution in [3.8, 4) is 0 Å². The van der Waals surface area contributed by atoms with Crippen molar-refractivity contribution in [1.29, 1.82) is 0 Å². The molecule has 90 valence electrons. The first-order chi connectivity index (χ1) is 7.72. The van der Waals surface area contributed by atoms with Crippen LogP contribution in [0.25, 0.3) is 0 Å². The fraction of sp³-hybridized carbons (Fsp3) is 0.818. The van der Waals surface area contributed by atoms with E-state index in [-0.39, 0.29) is 6.54 Å². The Morgan fingerprint density at radius 3 is 2.75 bits per heavy atom. The van der Waals surface area contributed by atoms with Crippen molar-refractivity contribution in [2.45, 2.75) is 44.1 Å². The van der Waals surface area contributed by atoms with Gasteiger partial charge in [-0.15, -0.1) is 0 Å². The molecule has 0 radical (unpaired) electrons. The van der Waals surface area contributed by atoms with Gasteiger partial charge < -0.3 is 10.8 Å². The molecule has 0 amide bonds. The van der Waals surface area contributed by atoms with Gasteiger partial charge in [0.25, 0.3) is 0 Å². The van der Waals surface area contributed by atoms with Gasteiger partial charge in [0.15, 0.2) is 11.6 Å². The van der Waals surface area contributed by atoms with Gasteiger partial charge in [-0.2, -0.15) is 5.10 Å². The van der Waals surface area contributed by atoms with E-state index < -0.39 is 6.10 Å². The van der Waals surface area contributed by atoms with Crippen LogP contribution < -0.4 is 5.73 Å². The molecule has 1 aliphatic rings. The van der Waals surface area contributed by atoms with Crippen LogP contribution in [0.3, 0.4) is 0 Å². The van der Waals surface area contributed by atoms with E-state index in [0.29, 0.717) is 11.7 Å². The molecule has 1 saturated carbocycles. The minimum absolute atomic E-state index is 0.191. The quantitative estimate of drug-likeness (QED) is 0.798. The molecule has 1 atom stereocenters. The maximum absolute atomic E-state index is 9.67. The Hall–Kier alpha value is -0.940. The summed E-state index contributed by atoms with van der Waals surface area (Å²) in [5.41, 5.74) is 5.43. The Morgan fingerprint density at radius 2 is 2.12 bits per heavy atom. The standard InChI is InChI=1S/C11H20N4O/c1-15-11(9(16)7-12)13-10(14-15)8-5-3-2-4-6-8/h8-9,16H,2-7,12H2,1H3. The average Bonchev–Trinajstić information content (AvgIpc) is 2.71. The molecule has 5 nitrogen and oxygen atoms in total. The highest BCUT2D eigenvalue weighted by atomic mass is 16.3. The van der Waals surface area contributed by atoms with Crippen molar-refractivity contribution in [2.24, 2.45) is 12.8 Å². The smallest absolute Gasteiger partial charge is 0.157 e. The molecule has 1 aromatic heterocycles. The summed E-state index contributed by atoms with van der Waals surface area (Å²) in [6.07, 6.45) is 5.48. The van der Waals surface area contributed by atoms with Gasteiger partial charge in [0, 0.05) is 19.5 Å². The summed E-state index contributed by atoms with van der Waals surface area (Å²) in [5, 5.41) is 14.1. The van der Waals surface area contributed by atoms with Crippen molar-refractivity contribution in [3.05, 3.63) is 11.6 Å². The van der Waals surface area contributed by atoms with Crippen LogP contribution in [0, 0.1) is 0 Å². The highest BCUT2D eigenvalue weighted by Crippen LogP contribution is 2.31. The lowest BCUT2D eigenvalue weighted by Crippen LogP contribution is -2.16. The van der Waals surface area contributed by atoms with E-state index in [1.54, 1.807) is 4.68 Å². The molecule has 5 heteroatoms.